The van der Waals surface area contributed by atoms with Crippen molar-refractivity contribution in [2.45, 2.75) is 11.3 Å². The number of halogens is 1. The lowest BCUT2D eigenvalue weighted by atomic mass is 10.2. The molecule has 0 saturated heterocycles. The van der Waals surface area contributed by atoms with E-state index in [9.17, 15) is 12.8 Å². The molecule has 0 saturated carbocycles. The van der Waals surface area contributed by atoms with Gasteiger partial charge in [-0.05, 0) is 18.2 Å². The van der Waals surface area contributed by atoms with Crippen LogP contribution < -0.4 is 4.72 Å². The summed E-state index contributed by atoms with van der Waals surface area (Å²) >= 11 is 0. The molecule has 0 unspecified atom stereocenters. The van der Waals surface area contributed by atoms with E-state index in [0.29, 0.717) is 0 Å². The van der Waals surface area contributed by atoms with Crippen LogP contribution in [0.15, 0.2) is 35.5 Å². The van der Waals surface area contributed by atoms with Gasteiger partial charge in [-0.1, -0.05) is 11.8 Å². The molecule has 0 fully saturated rings. The third-order valence-electron chi connectivity index (χ3n) is 2.46. The second-order valence-electron chi connectivity index (χ2n) is 4.01. The van der Waals surface area contributed by atoms with Gasteiger partial charge in [0.15, 0.2) is 0 Å². The summed E-state index contributed by atoms with van der Waals surface area (Å²) < 4.78 is 39.8. The molecule has 6 nitrogen and oxygen atoms in total. The molecule has 0 radical (unpaired) electrons. The maximum Gasteiger partial charge on any atom is 0.265 e. The summed E-state index contributed by atoms with van der Waals surface area (Å²) in [5.74, 6) is 4.55. The second kappa shape index (κ2) is 6.39. The van der Waals surface area contributed by atoms with Crippen molar-refractivity contribution in [1.29, 1.82) is 0 Å². The third kappa shape index (κ3) is 3.81. The summed E-state index contributed by atoms with van der Waals surface area (Å²) in [6, 6.07) is 3.71. The third-order valence-corrected chi connectivity index (χ3v) is 3.81. The smallest absolute Gasteiger partial charge is 0.265 e. The lowest BCUT2D eigenvalue weighted by Crippen LogP contribution is -2.12. The molecular formula is C13H12FN3O3S. The number of nitrogens with one attached hydrogen (secondary N) is 2. The number of benzene rings is 1. The summed E-state index contributed by atoms with van der Waals surface area (Å²) in [5, 5.41) is 14.6. The molecular weight excluding hydrogens is 297 g/mol. The lowest BCUT2D eigenvalue weighted by molar-refractivity contribution is 0.305. The topological polar surface area (TPSA) is 95.1 Å². The fourth-order valence-electron chi connectivity index (χ4n) is 1.50. The van der Waals surface area contributed by atoms with Gasteiger partial charge in [-0.15, -0.1) is 0 Å². The zero-order valence-corrected chi connectivity index (χ0v) is 11.6. The molecule has 0 aliphatic carbocycles. The molecule has 0 spiro atoms. The first-order chi connectivity index (χ1) is 10.0. The number of rotatable bonds is 4. The molecule has 8 heteroatoms. The maximum atomic E-state index is 13.5. The fourth-order valence-corrected chi connectivity index (χ4v) is 2.45. The van der Waals surface area contributed by atoms with Crippen molar-refractivity contribution in [2.24, 2.45) is 0 Å². The van der Waals surface area contributed by atoms with Crippen LogP contribution in [0.3, 0.4) is 0 Å². The highest BCUT2D eigenvalue weighted by atomic mass is 32.2. The predicted molar refractivity (Wildman–Crippen MR) is 74.4 cm³/mol. The number of hydrogen-bond donors (Lipinski definition) is 3. The van der Waals surface area contributed by atoms with Crippen LogP contribution in [-0.4, -0.2) is 30.3 Å². The molecule has 3 N–H and O–H groups in total. The van der Waals surface area contributed by atoms with Crippen molar-refractivity contribution < 1.29 is 17.9 Å². The van der Waals surface area contributed by atoms with Gasteiger partial charge >= 0.3 is 0 Å². The Morgan fingerprint density at radius 1 is 1.43 bits per heavy atom. The first kappa shape index (κ1) is 15.0. The summed E-state index contributed by atoms with van der Waals surface area (Å²) in [4.78, 5) is -0.0280. The van der Waals surface area contributed by atoms with Crippen LogP contribution in [0.5, 0.6) is 0 Å². The van der Waals surface area contributed by atoms with E-state index in [1.807, 2.05) is 0 Å². The SMILES string of the molecule is O=S(=O)(Nc1ccc(F)c(C#CCCO)c1)c1cn[nH]c1. The average molecular weight is 309 g/mol. The molecule has 0 bridgehead atoms. The molecule has 2 rings (SSSR count). The van der Waals surface area contributed by atoms with Crippen molar-refractivity contribution in [2.75, 3.05) is 11.3 Å². The molecule has 1 heterocycles. The highest BCUT2D eigenvalue weighted by molar-refractivity contribution is 7.92. The molecule has 0 amide bonds. The normalized spacial score (nSPS) is 10.8. The van der Waals surface area contributed by atoms with Crippen molar-refractivity contribution >= 4 is 15.7 Å². The summed E-state index contributed by atoms with van der Waals surface area (Å²) in [7, 11) is -3.78. The minimum Gasteiger partial charge on any atom is -0.395 e. The van der Waals surface area contributed by atoms with E-state index >= 15 is 0 Å². The Bertz CT molecular complexity index is 777. The highest BCUT2D eigenvalue weighted by Gasteiger charge is 2.15. The van der Waals surface area contributed by atoms with E-state index in [1.54, 1.807) is 0 Å². The Kier molecular flexibility index (Phi) is 4.57. The highest BCUT2D eigenvalue weighted by Crippen LogP contribution is 2.18. The molecule has 0 aliphatic rings. The Morgan fingerprint density at radius 3 is 2.90 bits per heavy atom. The number of sulfonamides is 1. The van der Waals surface area contributed by atoms with Crippen molar-refractivity contribution in [1.82, 2.24) is 10.2 Å². The number of aliphatic hydroxyl groups excluding tert-OH is 1. The van der Waals surface area contributed by atoms with Gasteiger partial charge in [0.2, 0.25) is 0 Å². The van der Waals surface area contributed by atoms with Crippen LogP contribution in [-0.2, 0) is 10.0 Å². The Hall–Kier alpha value is -2.37. The Balaban J connectivity index is 2.26. The van der Waals surface area contributed by atoms with Crippen molar-refractivity contribution in [3.8, 4) is 11.8 Å². The quantitative estimate of drug-likeness (QED) is 0.737. The second-order valence-corrected chi connectivity index (χ2v) is 5.69. The van der Waals surface area contributed by atoms with Crippen molar-refractivity contribution in [3.63, 3.8) is 0 Å². The Labute approximate surface area is 121 Å². The van der Waals surface area contributed by atoms with Crippen LogP contribution in [0, 0.1) is 17.7 Å². The zero-order chi connectivity index (χ0) is 15.3. The molecule has 1 aromatic heterocycles. The van der Waals surface area contributed by atoms with Crippen LogP contribution in [0.25, 0.3) is 0 Å². The molecule has 0 aliphatic heterocycles. The molecule has 21 heavy (non-hydrogen) atoms. The monoisotopic (exact) mass is 309 g/mol. The van der Waals surface area contributed by atoms with Gasteiger partial charge < -0.3 is 5.11 Å². The average Bonchev–Trinajstić information content (AvgIpc) is 2.97. The van der Waals surface area contributed by atoms with E-state index < -0.39 is 15.8 Å². The number of aromatic amines is 1. The van der Waals surface area contributed by atoms with Crippen LogP contribution >= 0.6 is 0 Å². The lowest BCUT2D eigenvalue weighted by Gasteiger charge is -2.06. The van der Waals surface area contributed by atoms with E-state index in [1.165, 1.54) is 18.3 Å². The molecule has 2 aromatic rings. The Morgan fingerprint density at radius 2 is 2.24 bits per heavy atom. The number of hydrogen-bond acceptors (Lipinski definition) is 4. The van der Waals surface area contributed by atoms with Gasteiger partial charge in [0.05, 0.1) is 24.1 Å². The summed E-state index contributed by atoms with van der Waals surface area (Å²) in [6.45, 7) is -0.124. The van der Waals surface area contributed by atoms with Gasteiger partial charge in [0.25, 0.3) is 10.0 Å². The molecule has 0 atom stereocenters. The maximum absolute atomic E-state index is 13.5. The van der Waals surface area contributed by atoms with Crippen molar-refractivity contribution in [3.05, 3.63) is 42.0 Å². The first-order valence-electron chi connectivity index (χ1n) is 5.94. The number of nitrogens with zero attached hydrogens (tertiary/aromatic N) is 1. The number of aromatic nitrogens is 2. The number of anilines is 1. The van der Waals surface area contributed by atoms with E-state index in [-0.39, 0.29) is 29.2 Å². The first-order valence-corrected chi connectivity index (χ1v) is 7.42. The fraction of sp³-hybridized carbons (Fsp3) is 0.154. The van der Waals surface area contributed by atoms with Crippen LogP contribution in [0.4, 0.5) is 10.1 Å². The van der Waals surface area contributed by atoms with Crippen LogP contribution in [0.2, 0.25) is 0 Å². The van der Waals surface area contributed by atoms with Gasteiger partial charge in [-0.25, -0.2) is 12.8 Å². The zero-order valence-electron chi connectivity index (χ0n) is 10.8. The minimum atomic E-state index is -3.78. The van der Waals surface area contributed by atoms with Gasteiger partial charge in [0.1, 0.15) is 10.7 Å². The minimum absolute atomic E-state index is 0.0280. The standard InChI is InChI=1S/C13H12FN3O3S/c14-13-5-4-11(7-10(13)3-1-2-6-18)17-21(19,20)12-8-15-16-9-12/h4-5,7-9,17-18H,2,6H2,(H,15,16). The largest absolute Gasteiger partial charge is 0.395 e. The summed E-state index contributed by atoms with van der Waals surface area (Å²) in [5.41, 5.74) is 0.238. The molecule has 110 valence electrons. The van der Waals surface area contributed by atoms with E-state index in [4.69, 9.17) is 5.11 Å². The molecule has 1 aromatic carbocycles. The van der Waals surface area contributed by atoms with Gasteiger partial charge in [-0.3, -0.25) is 9.82 Å². The summed E-state index contributed by atoms with van der Waals surface area (Å²) in [6.07, 6.45) is 2.60. The van der Waals surface area contributed by atoms with Crippen LogP contribution in [0.1, 0.15) is 12.0 Å². The van der Waals surface area contributed by atoms with E-state index in [0.717, 1.165) is 12.3 Å². The number of aliphatic hydroxyl groups is 1. The predicted octanol–water partition coefficient (Wildman–Crippen LogP) is 1.08. The van der Waals surface area contributed by atoms with Gasteiger partial charge in [0, 0.05) is 12.6 Å². The number of H-pyrrole nitrogens is 1. The van der Waals surface area contributed by atoms with E-state index in [2.05, 4.69) is 26.8 Å². The van der Waals surface area contributed by atoms with Gasteiger partial charge in [-0.2, -0.15) is 5.10 Å².